The summed E-state index contributed by atoms with van der Waals surface area (Å²) in [5.41, 5.74) is -0.117. The summed E-state index contributed by atoms with van der Waals surface area (Å²) in [4.78, 5) is 26.7. The Hall–Kier alpha value is -2.40. The average molecular weight is 344 g/mol. The van der Waals surface area contributed by atoms with Crippen LogP contribution in [0.1, 0.15) is 26.5 Å². The van der Waals surface area contributed by atoms with Crippen molar-refractivity contribution >= 4 is 11.9 Å². The SMILES string of the molecule is CC(C)(C)OC(=O)N1CCN(C2CN(c3cncc(C#N)n3)C2)CC1. The fraction of sp³-hybridized carbons (Fsp3) is 0.647. The highest BCUT2D eigenvalue weighted by molar-refractivity contribution is 5.68. The molecule has 1 aromatic rings. The number of ether oxygens (including phenoxy) is 1. The van der Waals surface area contributed by atoms with Crippen molar-refractivity contribution in [2.45, 2.75) is 32.4 Å². The molecule has 0 aromatic carbocycles. The minimum Gasteiger partial charge on any atom is -0.444 e. The van der Waals surface area contributed by atoms with E-state index in [1.165, 1.54) is 6.20 Å². The first kappa shape index (κ1) is 17.4. The van der Waals surface area contributed by atoms with E-state index in [-0.39, 0.29) is 6.09 Å². The number of carbonyl (C=O) groups excluding carboxylic acids is 1. The minimum atomic E-state index is -0.457. The lowest BCUT2D eigenvalue weighted by Crippen LogP contribution is -2.63. The van der Waals surface area contributed by atoms with Gasteiger partial charge in [-0.25, -0.2) is 9.78 Å². The lowest BCUT2D eigenvalue weighted by molar-refractivity contribution is 0.00873. The molecule has 3 rings (SSSR count). The molecule has 0 bridgehead atoms. The molecule has 2 aliphatic heterocycles. The molecule has 0 aliphatic carbocycles. The van der Waals surface area contributed by atoms with Crippen LogP contribution in [0.3, 0.4) is 0 Å². The van der Waals surface area contributed by atoms with Crippen LogP contribution >= 0.6 is 0 Å². The maximum atomic E-state index is 12.1. The molecule has 2 fully saturated rings. The maximum Gasteiger partial charge on any atom is 0.410 e. The fourth-order valence-electron chi connectivity index (χ4n) is 3.03. The third kappa shape index (κ3) is 4.17. The monoisotopic (exact) mass is 344 g/mol. The van der Waals surface area contributed by atoms with Gasteiger partial charge in [0.1, 0.15) is 17.5 Å². The number of hydrogen-bond donors (Lipinski definition) is 0. The summed E-state index contributed by atoms with van der Waals surface area (Å²) < 4.78 is 5.43. The second kappa shape index (κ2) is 6.84. The molecule has 8 nitrogen and oxygen atoms in total. The Kier molecular flexibility index (Phi) is 4.77. The van der Waals surface area contributed by atoms with Crippen LogP contribution < -0.4 is 4.90 Å². The van der Waals surface area contributed by atoms with E-state index in [0.29, 0.717) is 24.8 Å². The number of piperazine rings is 1. The summed E-state index contributed by atoms with van der Waals surface area (Å²) >= 11 is 0. The standard InChI is InChI=1S/C17H24N6O2/c1-17(2,3)25-16(24)22-6-4-21(5-7-22)14-11-23(12-14)15-10-19-9-13(8-18)20-15/h9-10,14H,4-7,11-12H2,1-3H3. The van der Waals surface area contributed by atoms with Gasteiger partial charge in [0.05, 0.1) is 12.4 Å². The van der Waals surface area contributed by atoms with Crippen LogP contribution in [0.25, 0.3) is 0 Å². The number of nitriles is 1. The molecule has 0 unspecified atom stereocenters. The average Bonchev–Trinajstić information content (AvgIpc) is 2.53. The van der Waals surface area contributed by atoms with Gasteiger partial charge in [0, 0.05) is 45.3 Å². The summed E-state index contributed by atoms with van der Waals surface area (Å²) in [6.07, 6.45) is 2.93. The predicted octanol–water partition coefficient (Wildman–Crippen LogP) is 1.09. The number of nitrogens with zero attached hydrogens (tertiary/aromatic N) is 6. The van der Waals surface area contributed by atoms with Gasteiger partial charge in [-0.05, 0) is 20.8 Å². The van der Waals surface area contributed by atoms with E-state index < -0.39 is 5.60 Å². The fourth-order valence-corrected chi connectivity index (χ4v) is 3.03. The predicted molar refractivity (Wildman–Crippen MR) is 92.1 cm³/mol. The zero-order valence-corrected chi connectivity index (χ0v) is 15.0. The Morgan fingerprint density at radius 3 is 2.52 bits per heavy atom. The Morgan fingerprint density at radius 2 is 1.92 bits per heavy atom. The van der Waals surface area contributed by atoms with Crippen molar-refractivity contribution in [2.24, 2.45) is 0 Å². The second-order valence-corrected chi connectivity index (χ2v) is 7.44. The zero-order chi connectivity index (χ0) is 18.0. The molecule has 0 radical (unpaired) electrons. The van der Waals surface area contributed by atoms with Crippen LogP contribution in [-0.2, 0) is 4.74 Å². The number of anilines is 1. The van der Waals surface area contributed by atoms with Gasteiger partial charge >= 0.3 is 6.09 Å². The summed E-state index contributed by atoms with van der Waals surface area (Å²) in [5.74, 6) is 0.752. The van der Waals surface area contributed by atoms with Gasteiger partial charge in [0.15, 0.2) is 5.69 Å². The summed E-state index contributed by atoms with van der Waals surface area (Å²) in [5, 5.41) is 8.91. The van der Waals surface area contributed by atoms with Crippen molar-refractivity contribution in [1.82, 2.24) is 19.8 Å². The molecule has 0 N–H and O–H groups in total. The molecule has 0 saturated carbocycles. The number of amides is 1. The zero-order valence-electron chi connectivity index (χ0n) is 15.0. The Labute approximate surface area is 148 Å². The van der Waals surface area contributed by atoms with Gasteiger partial charge in [-0.3, -0.25) is 9.88 Å². The molecular weight excluding hydrogens is 320 g/mol. The highest BCUT2D eigenvalue weighted by atomic mass is 16.6. The van der Waals surface area contributed by atoms with E-state index in [2.05, 4.69) is 19.8 Å². The molecule has 25 heavy (non-hydrogen) atoms. The van der Waals surface area contributed by atoms with E-state index in [9.17, 15) is 4.79 Å². The van der Waals surface area contributed by atoms with Gasteiger partial charge in [-0.1, -0.05) is 0 Å². The molecule has 134 valence electrons. The molecule has 3 heterocycles. The molecule has 0 spiro atoms. The number of carbonyl (C=O) groups is 1. The first-order valence-electron chi connectivity index (χ1n) is 8.55. The molecule has 1 amide bonds. The van der Waals surface area contributed by atoms with Crippen molar-refractivity contribution < 1.29 is 9.53 Å². The Balaban J connectivity index is 1.46. The summed E-state index contributed by atoms with van der Waals surface area (Å²) in [7, 11) is 0. The number of rotatable bonds is 2. The van der Waals surface area contributed by atoms with Crippen LogP contribution in [0.4, 0.5) is 10.6 Å². The highest BCUT2D eigenvalue weighted by Crippen LogP contribution is 2.22. The van der Waals surface area contributed by atoms with E-state index in [0.717, 1.165) is 32.0 Å². The maximum absolute atomic E-state index is 12.1. The van der Waals surface area contributed by atoms with Crippen LogP contribution in [0.2, 0.25) is 0 Å². The largest absolute Gasteiger partial charge is 0.444 e. The normalized spacial score (nSPS) is 19.3. The van der Waals surface area contributed by atoms with Crippen LogP contribution in [0.15, 0.2) is 12.4 Å². The summed E-state index contributed by atoms with van der Waals surface area (Å²) in [6.45, 7) is 10.5. The second-order valence-electron chi connectivity index (χ2n) is 7.44. The molecule has 1 aromatic heterocycles. The Morgan fingerprint density at radius 1 is 1.24 bits per heavy atom. The van der Waals surface area contributed by atoms with Crippen molar-refractivity contribution in [3.05, 3.63) is 18.1 Å². The third-order valence-corrected chi connectivity index (χ3v) is 4.40. The van der Waals surface area contributed by atoms with Crippen molar-refractivity contribution in [3.63, 3.8) is 0 Å². The first-order chi connectivity index (χ1) is 11.9. The van der Waals surface area contributed by atoms with E-state index in [1.54, 1.807) is 11.1 Å². The minimum absolute atomic E-state index is 0.231. The van der Waals surface area contributed by atoms with E-state index >= 15 is 0 Å². The third-order valence-electron chi connectivity index (χ3n) is 4.40. The molecule has 0 atom stereocenters. The molecule has 2 saturated heterocycles. The van der Waals surface area contributed by atoms with Crippen LogP contribution in [-0.4, -0.2) is 76.8 Å². The smallest absolute Gasteiger partial charge is 0.410 e. The lowest BCUT2D eigenvalue weighted by Gasteiger charge is -2.48. The van der Waals surface area contributed by atoms with Gasteiger partial charge in [-0.2, -0.15) is 5.26 Å². The van der Waals surface area contributed by atoms with Crippen molar-refractivity contribution in [2.75, 3.05) is 44.2 Å². The first-order valence-corrected chi connectivity index (χ1v) is 8.55. The van der Waals surface area contributed by atoms with Crippen LogP contribution in [0, 0.1) is 11.3 Å². The van der Waals surface area contributed by atoms with Crippen molar-refractivity contribution in [3.8, 4) is 6.07 Å². The quantitative estimate of drug-likeness (QED) is 0.794. The molecule has 8 heteroatoms. The number of hydrogen-bond acceptors (Lipinski definition) is 7. The molecule has 2 aliphatic rings. The van der Waals surface area contributed by atoms with Crippen LogP contribution in [0.5, 0.6) is 0 Å². The highest BCUT2D eigenvalue weighted by Gasteiger charge is 2.35. The Bertz CT molecular complexity index is 666. The van der Waals surface area contributed by atoms with Gasteiger partial charge in [-0.15, -0.1) is 0 Å². The van der Waals surface area contributed by atoms with Gasteiger partial charge in [0.2, 0.25) is 0 Å². The van der Waals surface area contributed by atoms with E-state index in [4.69, 9.17) is 10.00 Å². The van der Waals surface area contributed by atoms with Gasteiger partial charge in [0.25, 0.3) is 0 Å². The van der Waals surface area contributed by atoms with Crippen molar-refractivity contribution in [1.29, 1.82) is 5.26 Å². The topological polar surface area (TPSA) is 85.6 Å². The van der Waals surface area contributed by atoms with E-state index in [1.807, 2.05) is 26.8 Å². The summed E-state index contributed by atoms with van der Waals surface area (Å²) in [6, 6.07) is 2.47. The lowest BCUT2D eigenvalue weighted by atomic mass is 10.1. The molecular formula is C17H24N6O2. The number of aromatic nitrogens is 2. The van der Waals surface area contributed by atoms with Gasteiger partial charge < -0.3 is 14.5 Å².